The molecule has 2 N–H and O–H groups in total. The highest BCUT2D eigenvalue weighted by atomic mass is 35.5. The van der Waals surface area contributed by atoms with Gasteiger partial charge in [-0.25, -0.2) is 9.78 Å². The summed E-state index contributed by atoms with van der Waals surface area (Å²) >= 11 is 18.3. The Balaban J connectivity index is 1.75. The predicted octanol–water partition coefficient (Wildman–Crippen LogP) is 6.05. The van der Waals surface area contributed by atoms with Gasteiger partial charge in [-0.15, -0.1) is 0 Å². The number of rotatable bonds is 7. The molecule has 0 aliphatic carbocycles. The van der Waals surface area contributed by atoms with Gasteiger partial charge in [0.25, 0.3) is 11.8 Å². The van der Waals surface area contributed by atoms with Gasteiger partial charge in [-0.05, 0) is 35.4 Å². The summed E-state index contributed by atoms with van der Waals surface area (Å²) in [5.74, 6) is -1.94. The van der Waals surface area contributed by atoms with E-state index in [-0.39, 0.29) is 32.0 Å². The summed E-state index contributed by atoms with van der Waals surface area (Å²) in [6.07, 6.45) is 4.09. The zero-order valence-electron chi connectivity index (χ0n) is 20.2. The number of aromatic nitrogens is 2. The van der Waals surface area contributed by atoms with Crippen LogP contribution in [0.5, 0.6) is 0 Å². The lowest BCUT2D eigenvalue weighted by Gasteiger charge is -2.17. The van der Waals surface area contributed by atoms with Crippen molar-refractivity contribution >= 4 is 63.8 Å². The largest absolute Gasteiger partial charge is 0.464 e. The first-order valence-electron chi connectivity index (χ1n) is 11.3. The Bertz CT molecular complexity index is 1560. The maximum Gasteiger partial charge on any atom is 0.355 e. The topological polar surface area (TPSA) is 110 Å². The third-order valence-corrected chi connectivity index (χ3v) is 6.33. The van der Waals surface area contributed by atoms with Crippen molar-refractivity contribution in [2.45, 2.75) is 0 Å². The Kier molecular flexibility index (Phi) is 8.93. The molecule has 0 radical (unpaired) electrons. The van der Waals surface area contributed by atoms with E-state index < -0.39 is 17.8 Å². The van der Waals surface area contributed by atoms with E-state index in [1.54, 1.807) is 54.6 Å². The van der Waals surface area contributed by atoms with E-state index in [4.69, 9.17) is 39.5 Å². The maximum absolute atomic E-state index is 13.1. The fourth-order valence-corrected chi connectivity index (χ4v) is 4.40. The van der Waals surface area contributed by atoms with Crippen LogP contribution in [0.1, 0.15) is 31.8 Å². The summed E-state index contributed by atoms with van der Waals surface area (Å²) in [6, 6.07) is 18.6. The van der Waals surface area contributed by atoms with Crippen molar-refractivity contribution in [3.05, 3.63) is 128 Å². The Morgan fingerprint density at radius 2 is 1.44 bits per heavy atom. The van der Waals surface area contributed by atoms with Crippen LogP contribution in [0.2, 0.25) is 15.2 Å². The van der Waals surface area contributed by atoms with Gasteiger partial charge in [-0.1, -0.05) is 77.3 Å². The molecule has 2 amide bonds. The number of esters is 1. The van der Waals surface area contributed by atoms with Crippen LogP contribution in [0.25, 0.3) is 5.57 Å². The summed E-state index contributed by atoms with van der Waals surface area (Å²) in [7, 11) is 1.21. The average molecular weight is 582 g/mol. The predicted molar refractivity (Wildman–Crippen MR) is 150 cm³/mol. The number of hydrogen-bond acceptors (Lipinski definition) is 6. The standard InChI is InChI=1S/C28H19Cl3N4O4/c1-39-28(38)24(35-26(36)19-8-5-13-33-25(19)31)22(16-6-3-2-4-7-16)17-9-11-18(12-10-17)34-27(37)23-20(29)14-32-15-21(23)30/h2-15H,1H3,(H,34,37)(H,35,36). The molecule has 0 bridgehead atoms. The van der Waals surface area contributed by atoms with E-state index in [9.17, 15) is 14.4 Å². The van der Waals surface area contributed by atoms with Crippen molar-refractivity contribution in [2.24, 2.45) is 0 Å². The fraction of sp³-hybridized carbons (Fsp3) is 0.0357. The number of nitrogens with one attached hydrogen (secondary N) is 2. The molecule has 2 aromatic carbocycles. The number of benzene rings is 2. The van der Waals surface area contributed by atoms with Crippen molar-refractivity contribution in [1.82, 2.24) is 15.3 Å². The zero-order chi connectivity index (χ0) is 27.9. The van der Waals surface area contributed by atoms with Crippen molar-refractivity contribution < 1.29 is 19.1 Å². The van der Waals surface area contributed by atoms with E-state index in [0.29, 0.717) is 22.4 Å². The minimum Gasteiger partial charge on any atom is -0.464 e. The van der Waals surface area contributed by atoms with Crippen LogP contribution < -0.4 is 10.6 Å². The number of carbonyl (C=O) groups excluding carboxylic acids is 3. The number of carbonyl (C=O) groups is 3. The highest BCUT2D eigenvalue weighted by molar-refractivity contribution is 6.40. The SMILES string of the molecule is COC(=O)C(NC(=O)c1cccnc1Cl)=C(c1ccccc1)c1ccc(NC(=O)c2c(Cl)cncc2Cl)cc1. The Hall–Kier alpha value is -4.24. The molecule has 4 rings (SSSR count). The van der Waals surface area contributed by atoms with Gasteiger partial charge in [-0.3, -0.25) is 14.6 Å². The smallest absolute Gasteiger partial charge is 0.355 e. The summed E-state index contributed by atoms with van der Waals surface area (Å²) < 4.78 is 5.00. The summed E-state index contributed by atoms with van der Waals surface area (Å²) in [4.78, 5) is 46.6. The number of halogens is 3. The van der Waals surface area contributed by atoms with E-state index in [0.717, 1.165) is 0 Å². The molecular weight excluding hydrogens is 563 g/mol. The first-order valence-corrected chi connectivity index (χ1v) is 12.4. The molecule has 0 spiro atoms. The third kappa shape index (κ3) is 6.43. The van der Waals surface area contributed by atoms with Crippen LogP contribution in [-0.4, -0.2) is 34.9 Å². The average Bonchev–Trinajstić information content (AvgIpc) is 2.94. The molecule has 2 aromatic heterocycles. The molecule has 0 aliphatic heterocycles. The third-order valence-electron chi connectivity index (χ3n) is 5.46. The van der Waals surface area contributed by atoms with Gasteiger partial charge < -0.3 is 15.4 Å². The molecule has 0 saturated heterocycles. The summed E-state index contributed by atoms with van der Waals surface area (Å²) in [5, 5.41) is 5.57. The fourth-order valence-electron chi connectivity index (χ4n) is 3.66. The Labute approximate surface area is 238 Å². The molecule has 11 heteroatoms. The van der Waals surface area contributed by atoms with Gasteiger partial charge in [0.2, 0.25) is 0 Å². The minimum absolute atomic E-state index is 0.0185. The minimum atomic E-state index is -0.776. The molecule has 0 atom stereocenters. The lowest BCUT2D eigenvalue weighted by Crippen LogP contribution is -2.30. The molecule has 4 aromatic rings. The Morgan fingerprint density at radius 1 is 0.795 bits per heavy atom. The van der Waals surface area contributed by atoms with Gasteiger partial charge in [0.1, 0.15) is 10.9 Å². The van der Waals surface area contributed by atoms with Crippen LogP contribution in [-0.2, 0) is 9.53 Å². The number of hydrogen-bond donors (Lipinski definition) is 2. The molecule has 0 unspecified atom stereocenters. The lowest BCUT2D eigenvalue weighted by molar-refractivity contribution is -0.136. The number of pyridine rings is 2. The summed E-state index contributed by atoms with van der Waals surface area (Å²) in [6.45, 7) is 0. The molecule has 2 heterocycles. The monoisotopic (exact) mass is 580 g/mol. The van der Waals surface area contributed by atoms with Crippen LogP contribution in [0.3, 0.4) is 0 Å². The second-order valence-electron chi connectivity index (χ2n) is 7.91. The van der Waals surface area contributed by atoms with Gasteiger partial charge in [-0.2, -0.15) is 0 Å². The first-order chi connectivity index (χ1) is 18.8. The quantitative estimate of drug-likeness (QED) is 0.156. The summed E-state index contributed by atoms with van der Waals surface area (Å²) in [5.41, 5.74) is 2.06. The van der Waals surface area contributed by atoms with Crippen LogP contribution in [0.15, 0.2) is 91.0 Å². The van der Waals surface area contributed by atoms with Crippen LogP contribution >= 0.6 is 34.8 Å². The highest BCUT2D eigenvalue weighted by Crippen LogP contribution is 2.29. The molecule has 196 valence electrons. The lowest BCUT2D eigenvalue weighted by atomic mass is 9.95. The first kappa shape index (κ1) is 27.8. The molecule has 0 saturated carbocycles. The van der Waals surface area contributed by atoms with Crippen molar-refractivity contribution in [3.8, 4) is 0 Å². The van der Waals surface area contributed by atoms with E-state index in [1.165, 1.54) is 31.8 Å². The molecule has 0 aliphatic rings. The van der Waals surface area contributed by atoms with Gasteiger partial charge in [0, 0.05) is 29.9 Å². The van der Waals surface area contributed by atoms with Gasteiger partial charge in [0.05, 0.1) is 28.3 Å². The second-order valence-corrected chi connectivity index (χ2v) is 9.09. The molecular formula is C28H19Cl3N4O4. The molecule has 0 fully saturated rings. The molecule has 8 nitrogen and oxygen atoms in total. The van der Waals surface area contributed by atoms with Crippen LogP contribution in [0.4, 0.5) is 5.69 Å². The number of amides is 2. The number of nitrogens with zero attached hydrogens (tertiary/aromatic N) is 2. The van der Waals surface area contributed by atoms with E-state index >= 15 is 0 Å². The van der Waals surface area contributed by atoms with Gasteiger partial charge >= 0.3 is 5.97 Å². The van der Waals surface area contributed by atoms with Crippen molar-refractivity contribution in [2.75, 3.05) is 12.4 Å². The zero-order valence-corrected chi connectivity index (χ0v) is 22.5. The van der Waals surface area contributed by atoms with Crippen molar-refractivity contribution in [3.63, 3.8) is 0 Å². The van der Waals surface area contributed by atoms with Crippen LogP contribution in [0, 0.1) is 0 Å². The maximum atomic E-state index is 13.1. The number of anilines is 1. The second kappa shape index (κ2) is 12.5. The van der Waals surface area contributed by atoms with E-state index in [1.807, 2.05) is 6.07 Å². The number of methoxy groups -OCH3 is 1. The van der Waals surface area contributed by atoms with E-state index in [2.05, 4.69) is 20.6 Å². The van der Waals surface area contributed by atoms with Gasteiger partial charge in [0.15, 0.2) is 0 Å². The highest BCUT2D eigenvalue weighted by Gasteiger charge is 2.24. The number of ether oxygens (including phenoxy) is 1. The molecule has 39 heavy (non-hydrogen) atoms. The van der Waals surface area contributed by atoms with Crippen molar-refractivity contribution in [1.29, 1.82) is 0 Å². The Morgan fingerprint density at radius 3 is 2.05 bits per heavy atom. The normalized spacial score (nSPS) is 11.3.